The number of hydrogen-bond donors (Lipinski definition) is 1. The van der Waals surface area contributed by atoms with Gasteiger partial charge in [0, 0.05) is 6.61 Å². The maximum absolute atomic E-state index is 8.84. The first-order chi connectivity index (χ1) is 13.4. The Morgan fingerprint density at radius 2 is 1.46 bits per heavy atom. The van der Waals surface area contributed by atoms with E-state index in [2.05, 4.69) is 94.4 Å². The summed E-state index contributed by atoms with van der Waals surface area (Å²) in [5.74, 6) is 0.504. The van der Waals surface area contributed by atoms with Crippen molar-refractivity contribution < 1.29 is 9.53 Å². The maximum Gasteiger partial charge on any atom is 0.261 e. The highest BCUT2D eigenvalue weighted by atomic mass is 28.4. The fourth-order valence-electron chi connectivity index (χ4n) is 3.89. The van der Waals surface area contributed by atoms with Crippen LogP contribution in [0.1, 0.15) is 47.0 Å². The van der Waals surface area contributed by atoms with Crippen LogP contribution < -0.4 is 10.4 Å². The van der Waals surface area contributed by atoms with Crippen molar-refractivity contribution in [2.75, 3.05) is 13.2 Å². The number of allylic oxidation sites excluding steroid dienone is 1. The fourth-order valence-corrected chi connectivity index (χ4v) is 8.58. The number of rotatable bonds is 10. The van der Waals surface area contributed by atoms with Gasteiger partial charge in [-0.3, -0.25) is 0 Å². The molecule has 0 radical (unpaired) electrons. The Hall–Kier alpha value is -1.68. The van der Waals surface area contributed by atoms with Gasteiger partial charge in [0.05, 0.1) is 6.61 Å². The van der Waals surface area contributed by atoms with Gasteiger partial charge in [-0.15, -0.1) is 0 Å². The number of aliphatic hydroxyl groups is 1. The van der Waals surface area contributed by atoms with Crippen LogP contribution in [0.25, 0.3) is 0 Å². The minimum Gasteiger partial charge on any atom is -0.407 e. The first-order valence-electron chi connectivity index (χ1n) is 10.4. The Labute approximate surface area is 172 Å². The molecule has 0 aliphatic heterocycles. The zero-order chi connectivity index (χ0) is 20.5. The monoisotopic (exact) mass is 396 g/mol. The van der Waals surface area contributed by atoms with E-state index < -0.39 is 8.32 Å². The van der Waals surface area contributed by atoms with Gasteiger partial charge in [-0.05, 0) is 40.6 Å². The second-order valence-corrected chi connectivity index (χ2v) is 13.0. The van der Waals surface area contributed by atoms with Crippen molar-refractivity contribution in [3.63, 3.8) is 0 Å². The summed E-state index contributed by atoms with van der Waals surface area (Å²) in [6.45, 7) is 10.2. The summed E-state index contributed by atoms with van der Waals surface area (Å²) < 4.78 is 6.99. The van der Waals surface area contributed by atoms with Gasteiger partial charge in [0.15, 0.2) is 0 Å². The number of hydrogen-bond acceptors (Lipinski definition) is 2. The van der Waals surface area contributed by atoms with E-state index in [0.717, 1.165) is 25.9 Å². The summed E-state index contributed by atoms with van der Waals surface area (Å²) in [7, 11) is -2.42. The first kappa shape index (κ1) is 22.6. The van der Waals surface area contributed by atoms with E-state index in [1.165, 1.54) is 10.4 Å². The van der Waals surface area contributed by atoms with Crippen LogP contribution in [0.3, 0.4) is 0 Å². The molecule has 2 rings (SSSR count). The summed E-state index contributed by atoms with van der Waals surface area (Å²) in [4.78, 5) is 0. The Morgan fingerprint density at radius 3 is 1.93 bits per heavy atom. The van der Waals surface area contributed by atoms with Crippen LogP contribution in [0.4, 0.5) is 0 Å². The maximum atomic E-state index is 8.84. The molecule has 0 heterocycles. The molecule has 0 saturated heterocycles. The van der Waals surface area contributed by atoms with Crippen LogP contribution in [0.5, 0.6) is 0 Å². The van der Waals surface area contributed by atoms with Crippen molar-refractivity contribution in [2.45, 2.75) is 52.0 Å². The standard InChI is InChI=1S/C25H36O2Si/c1-22(15-9-5-6-14-20-26)21-27-28(25(2,3)4,23-16-10-7-11-17-23)24-18-12-8-13-19-24/h6-8,10-14,16-19,22,26H,5,9,15,20-21H2,1-4H3/b14-6-/t22-/m0/s1. The molecule has 0 aromatic heterocycles. The topological polar surface area (TPSA) is 29.5 Å². The normalized spacial score (nSPS) is 13.8. The van der Waals surface area contributed by atoms with Crippen molar-refractivity contribution in [1.82, 2.24) is 0 Å². The van der Waals surface area contributed by atoms with Gasteiger partial charge in [-0.2, -0.15) is 0 Å². The molecule has 152 valence electrons. The number of unbranched alkanes of at least 4 members (excludes halogenated alkanes) is 1. The van der Waals surface area contributed by atoms with Gasteiger partial charge >= 0.3 is 0 Å². The van der Waals surface area contributed by atoms with E-state index >= 15 is 0 Å². The van der Waals surface area contributed by atoms with E-state index in [1.807, 2.05) is 6.08 Å². The lowest BCUT2D eigenvalue weighted by Gasteiger charge is -2.43. The molecule has 2 nitrogen and oxygen atoms in total. The molecule has 2 aromatic carbocycles. The molecule has 1 atom stereocenters. The third kappa shape index (κ3) is 5.66. The van der Waals surface area contributed by atoms with Gasteiger partial charge in [0.25, 0.3) is 8.32 Å². The molecular weight excluding hydrogens is 360 g/mol. The lowest BCUT2D eigenvalue weighted by molar-refractivity contribution is 0.236. The largest absolute Gasteiger partial charge is 0.407 e. The Bertz CT molecular complexity index is 665. The van der Waals surface area contributed by atoms with Crippen molar-refractivity contribution >= 4 is 18.7 Å². The first-order valence-corrected chi connectivity index (χ1v) is 12.3. The van der Waals surface area contributed by atoms with Crippen LogP contribution in [-0.2, 0) is 4.43 Å². The predicted molar refractivity (Wildman–Crippen MR) is 123 cm³/mol. The third-order valence-corrected chi connectivity index (χ3v) is 10.3. The Balaban J connectivity index is 2.25. The van der Waals surface area contributed by atoms with Gasteiger partial charge in [0.2, 0.25) is 0 Å². The molecule has 3 heteroatoms. The van der Waals surface area contributed by atoms with E-state index in [-0.39, 0.29) is 11.6 Å². The molecule has 0 bridgehead atoms. The molecule has 0 aliphatic rings. The van der Waals surface area contributed by atoms with Crippen LogP contribution in [-0.4, -0.2) is 26.6 Å². The minimum absolute atomic E-state index is 0.0271. The molecule has 0 unspecified atom stereocenters. The van der Waals surface area contributed by atoms with Crippen molar-refractivity contribution in [3.05, 3.63) is 72.8 Å². The van der Waals surface area contributed by atoms with E-state index in [1.54, 1.807) is 0 Å². The van der Waals surface area contributed by atoms with E-state index in [9.17, 15) is 0 Å². The van der Waals surface area contributed by atoms with Crippen LogP contribution in [0.15, 0.2) is 72.8 Å². The zero-order valence-electron chi connectivity index (χ0n) is 17.9. The van der Waals surface area contributed by atoms with Crippen molar-refractivity contribution in [1.29, 1.82) is 0 Å². The smallest absolute Gasteiger partial charge is 0.261 e. The second kappa shape index (κ2) is 10.8. The number of benzene rings is 2. The zero-order valence-corrected chi connectivity index (χ0v) is 18.9. The third-order valence-electron chi connectivity index (χ3n) is 5.34. The van der Waals surface area contributed by atoms with Gasteiger partial charge in [0.1, 0.15) is 0 Å². The molecular formula is C25H36O2Si. The lowest BCUT2D eigenvalue weighted by atomic mass is 10.1. The van der Waals surface area contributed by atoms with E-state index in [0.29, 0.717) is 5.92 Å². The molecule has 1 N–H and O–H groups in total. The summed E-state index contributed by atoms with van der Waals surface area (Å²) in [5.41, 5.74) is 0. The van der Waals surface area contributed by atoms with E-state index in [4.69, 9.17) is 9.53 Å². The SMILES string of the molecule is C[C@@H](CCC/C=C\CO)CO[Si](c1ccccc1)(c1ccccc1)C(C)(C)C. The highest BCUT2D eigenvalue weighted by Gasteiger charge is 2.50. The van der Waals surface area contributed by atoms with Crippen LogP contribution >= 0.6 is 0 Å². The van der Waals surface area contributed by atoms with Gasteiger partial charge in [-0.25, -0.2) is 0 Å². The molecule has 0 aliphatic carbocycles. The fraction of sp³-hybridized carbons (Fsp3) is 0.440. The molecule has 2 aromatic rings. The minimum atomic E-state index is -2.42. The summed E-state index contributed by atoms with van der Waals surface area (Å²) in [6, 6.07) is 21.7. The van der Waals surface area contributed by atoms with Gasteiger partial charge in [-0.1, -0.05) is 101 Å². The Morgan fingerprint density at radius 1 is 0.929 bits per heavy atom. The van der Waals surface area contributed by atoms with Crippen LogP contribution in [0.2, 0.25) is 5.04 Å². The molecule has 0 spiro atoms. The number of aliphatic hydroxyl groups excluding tert-OH is 1. The molecule has 0 fully saturated rings. The van der Waals surface area contributed by atoms with Crippen LogP contribution in [0, 0.1) is 5.92 Å². The highest BCUT2D eigenvalue weighted by Crippen LogP contribution is 2.37. The Kier molecular flexibility index (Phi) is 8.68. The van der Waals surface area contributed by atoms with Crippen molar-refractivity contribution in [3.8, 4) is 0 Å². The molecule has 0 saturated carbocycles. The summed E-state index contributed by atoms with van der Waals surface area (Å²) in [5, 5.41) is 11.5. The lowest BCUT2D eigenvalue weighted by Crippen LogP contribution is -2.66. The quantitative estimate of drug-likeness (QED) is 0.351. The molecule has 28 heavy (non-hydrogen) atoms. The average Bonchev–Trinajstić information content (AvgIpc) is 2.69. The van der Waals surface area contributed by atoms with Crippen molar-refractivity contribution in [2.24, 2.45) is 5.92 Å². The summed E-state index contributed by atoms with van der Waals surface area (Å²) >= 11 is 0. The molecule has 0 amide bonds. The second-order valence-electron chi connectivity index (χ2n) is 8.66. The predicted octanol–water partition coefficient (Wildman–Crippen LogP) is 4.92. The van der Waals surface area contributed by atoms with Gasteiger partial charge < -0.3 is 9.53 Å². The summed E-state index contributed by atoms with van der Waals surface area (Å²) in [6.07, 6.45) is 7.17. The highest BCUT2D eigenvalue weighted by molar-refractivity contribution is 6.99. The average molecular weight is 397 g/mol.